The third kappa shape index (κ3) is 1.19. The highest BCUT2D eigenvalue weighted by atomic mass is 32.2. The molecule has 0 saturated carbocycles. The second kappa shape index (κ2) is 2.48. The van der Waals surface area contributed by atoms with Gasteiger partial charge in [0.1, 0.15) is 0 Å². The maximum atomic E-state index is 3.12. The first-order valence-corrected chi connectivity index (χ1v) is 3.28. The number of nitrogens with one attached hydrogen (secondary N) is 1. The topological polar surface area (TPSA) is 12.0 Å². The van der Waals surface area contributed by atoms with Gasteiger partial charge < -0.3 is 5.32 Å². The minimum absolute atomic E-state index is 1.11. The average molecular weight is 102 g/mol. The molecule has 1 aliphatic heterocycles. The van der Waals surface area contributed by atoms with Crippen LogP contribution in [-0.2, 0) is 0 Å². The van der Waals surface area contributed by atoms with Crippen LogP contribution in [0.3, 0.4) is 0 Å². The average Bonchev–Trinajstić information content (AvgIpc) is 1.72. The lowest BCUT2D eigenvalue weighted by Gasteiger charge is -2.07. The molecule has 0 atom stereocenters. The Hall–Kier alpha value is 0.310. The van der Waals surface area contributed by atoms with E-state index in [4.69, 9.17) is 0 Å². The van der Waals surface area contributed by atoms with Gasteiger partial charge in [-0.15, -0.1) is 11.8 Å². The first-order valence-electron chi connectivity index (χ1n) is 2.13. The van der Waals surface area contributed by atoms with Crippen LogP contribution in [0.4, 0.5) is 0 Å². The molecule has 0 amide bonds. The molecular weight excluding hydrogens is 94.1 g/mol. The van der Waals surface area contributed by atoms with Crippen LogP contribution in [0.25, 0.3) is 0 Å². The fraction of sp³-hybridized carbons (Fsp3) is 0.750. The van der Waals surface area contributed by atoms with Crippen LogP contribution in [0.2, 0.25) is 0 Å². The van der Waals surface area contributed by atoms with Gasteiger partial charge in [0.05, 0.1) is 0 Å². The minimum Gasteiger partial charge on any atom is -0.303 e. The van der Waals surface area contributed by atoms with Gasteiger partial charge in [0.2, 0.25) is 0 Å². The van der Waals surface area contributed by atoms with Crippen LogP contribution in [0.1, 0.15) is 6.42 Å². The fourth-order valence-electron chi connectivity index (χ4n) is 0.434. The lowest BCUT2D eigenvalue weighted by atomic mass is 10.5. The summed E-state index contributed by atoms with van der Waals surface area (Å²) in [5, 5.41) is 3.12. The molecule has 1 radical (unpaired) electrons. The van der Waals surface area contributed by atoms with Crippen molar-refractivity contribution in [3.8, 4) is 0 Å². The molecule has 1 fully saturated rings. The summed E-state index contributed by atoms with van der Waals surface area (Å²) in [6, 6.07) is 0. The molecule has 0 aromatic heterocycles. The van der Waals surface area contributed by atoms with Crippen molar-refractivity contribution in [1.29, 1.82) is 0 Å². The van der Waals surface area contributed by atoms with E-state index in [-0.39, 0.29) is 0 Å². The van der Waals surface area contributed by atoms with E-state index >= 15 is 0 Å². The highest BCUT2D eigenvalue weighted by Crippen LogP contribution is 2.05. The highest BCUT2D eigenvalue weighted by Gasteiger charge is 1.94. The Morgan fingerprint density at radius 1 is 1.67 bits per heavy atom. The van der Waals surface area contributed by atoms with Gasteiger partial charge in [0, 0.05) is 12.4 Å². The molecule has 35 valence electrons. The molecule has 0 aliphatic carbocycles. The third-order valence-corrected chi connectivity index (χ3v) is 1.63. The molecule has 1 nitrogen and oxygen atoms in total. The van der Waals surface area contributed by atoms with Crippen LogP contribution in [0.5, 0.6) is 0 Å². The van der Waals surface area contributed by atoms with E-state index in [2.05, 4.69) is 11.9 Å². The van der Waals surface area contributed by atoms with E-state index in [1.54, 1.807) is 0 Å². The standard InChI is InChI=1S/C4H8NS/c1-2-5-4-6-3-1/h2,5H,1,3-4H2. The van der Waals surface area contributed by atoms with Gasteiger partial charge in [-0.25, -0.2) is 0 Å². The Kier molecular flexibility index (Phi) is 1.85. The van der Waals surface area contributed by atoms with E-state index < -0.39 is 0 Å². The molecular formula is C4H8NS. The highest BCUT2D eigenvalue weighted by molar-refractivity contribution is 7.99. The molecule has 6 heavy (non-hydrogen) atoms. The second-order valence-corrected chi connectivity index (χ2v) is 2.35. The van der Waals surface area contributed by atoms with E-state index in [1.807, 2.05) is 11.8 Å². The van der Waals surface area contributed by atoms with E-state index in [0.717, 1.165) is 5.88 Å². The molecule has 1 saturated heterocycles. The molecule has 0 aromatic rings. The summed E-state index contributed by atoms with van der Waals surface area (Å²) >= 11 is 1.95. The zero-order valence-electron chi connectivity index (χ0n) is 3.61. The van der Waals surface area contributed by atoms with Crippen molar-refractivity contribution in [2.24, 2.45) is 0 Å². The molecule has 1 aliphatic rings. The lowest BCUT2D eigenvalue weighted by molar-refractivity contribution is 0.852. The molecule has 0 spiro atoms. The van der Waals surface area contributed by atoms with Crippen LogP contribution in [0, 0.1) is 6.54 Å². The zero-order chi connectivity index (χ0) is 4.24. The molecule has 1 rings (SSSR count). The lowest BCUT2D eigenvalue weighted by Crippen LogP contribution is -2.14. The summed E-state index contributed by atoms with van der Waals surface area (Å²) in [6.45, 7) is 2.12. The first-order chi connectivity index (χ1) is 3.00. The number of thioether (sulfide) groups is 1. The molecule has 1 heterocycles. The quantitative estimate of drug-likeness (QED) is 0.486. The van der Waals surface area contributed by atoms with Crippen LogP contribution in [0.15, 0.2) is 0 Å². The predicted octanol–water partition coefficient (Wildman–Crippen LogP) is 0.832. The zero-order valence-corrected chi connectivity index (χ0v) is 4.42. The van der Waals surface area contributed by atoms with Crippen molar-refractivity contribution in [1.82, 2.24) is 5.32 Å². The van der Waals surface area contributed by atoms with Crippen molar-refractivity contribution in [3.63, 3.8) is 0 Å². The van der Waals surface area contributed by atoms with Gasteiger partial charge in [0.25, 0.3) is 0 Å². The van der Waals surface area contributed by atoms with Crippen LogP contribution in [-0.4, -0.2) is 11.6 Å². The Morgan fingerprint density at radius 3 is 2.83 bits per heavy atom. The summed E-state index contributed by atoms with van der Waals surface area (Å²) < 4.78 is 0. The van der Waals surface area contributed by atoms with Gasteiger partial charge in [-0.05, 0) is 12.2 Å². The summed E-state index contributed by atoms with van der Waals surface area (Å²) in [5.41, 5.74) is 0. The number of rotatable bonds is 0. The summed E-state index contributed by atoms with van der Waals surface area (Å²) in [6.07, 6.45) is 1.23. The third-order valence-electron chi connectivity index (χ3n) is 0.736. The van der Waals surface area contributed by atoms with Crippen molar-refractivity contribution in [3.05, 3.63) is 6.54 Å². The summed E-state index contributed by atoms with van der Waals surface area (Å²) in [7, 11) is 0. The van der Waals surface area contributed by atoms with Gasteiger partial charge >= 0.3 is 0 Å². The molecule has 1 N–H and O–H groups in total. The normalized spacial score (nSPS) is 24.0. The van der Waals surface area contributed by atoms with Gasteiger partial charge in [-0.2, -0.15) is 0 Å². The van der Waals surface area contributed by atoms with Gasteiger partial charge in [0.15, 0.2) is 0 Å². The van der Waals surface area contributed by atoms with Crippen molar-refractivity contribution in [2.45, 2.75) is 6.42 Å². The van der Waals surface area contributed by atoms with Gasteiger partial charge in [-0.1, -0.05) is 0 Å². The monoisotopic (exact) mass is 102 g/mol. The number of hydrogen-bond acceptors (Lipinski definition) is 2. The Morgan fingerprint density at radius 2 is 2.67 bits per heavy atom. The Balaban J connectivity index is 2.00. The summed E-state index contributed by atoms with van der Waals surface area (Å²) in [4.78, 5) is 0. The minimum atomic E-state index is 1.11. The van der Waals surface area contributed by atoms with E-state index in [0.29, 0.717) is 0 Å². The van der Waals surface area contributed by atoms with E-state index in [9.17, 15) is 0 Å². The van der Waals surface area contributed by atoms with Crippen molar-refractivity contribution in [2.75, 3.05) is 11.6 Å². The van der Waals surface area contributed by atoms with Gasteiger partial charge in [-0.3, -0.25) is 0 Å². The number of hydrogen-bond donors (Lipinski definition) is 1. The second-order valence-electron chi connectivity index (χ2n) is 1.25. The predicted molar refractivity (Wildman–Crippen MR) is 29.4 cm³/mol. The molecule has 2 heteroatoms. The molecule has 0 bridgehead atoms. The Bertz CT molecular complexity index is 23.0. The smallest absolute Gasteiger partial charge is 0.0420 e. The van der Waals surface area contributed by atoms with Crippen LogP contribution >= 0.6 is 11.8 Å². The maximum Gasteiger partial charge on any atom is 0.0420 e. The van der Waals surface area contributed by atoms with E-state index in [1.165, 1.54) is 12.2 Å². The Labute approximate surface area is 42.5 Å². The van der Waals surface area contributed by atoms with Crippen LogP contribution < -0.4 is 5.32 Å². The molecule has 0 unspecified atom stereocenters. The fourth-order valence-corrected chi connectivity index (χ4v) is 1.10. The summed E-state index contributed by atoms with van der Waals surface area (Å²) in [5.74, 6) is 2.41. The largest absolute Gasteiger partial charge is 0.303 e. The van der Waals surface area contributed by atoms with Crippen molar-refractivity contribution >= 4 is 11.8 Å². The SMILES string of the molecule is [CH]1CCSCN1. The van der Waals surface area contributed by atoms with Crippen molar-refractivity contribution < 1.29 is 0 Å². The maximum absolute atomic E-state index is 3.12. The molecule has 0 aromatic carbocycles. The first kappa shape index (κ1) is 4.47.